The van der Waals surface area contributed by atoms with Crippen LogP contribution in [0.3, 0.4) is 0 Å². The molecule has 1 amide bonds. The van der Waals surface area contributed by atoms with Crippen molar-refractivity contribution in [2.75, 3.05) is 5.73 Å². The van der Waals surface area contributed by atoms with Gasteiger partial charge in [0.25, 0.3) is 5.91 Å². The van der Waals surface area contributed by atoms with Gasteiger partial charge in [0.15, 0.2) is 5.75 Å². The van der Waals surface area contributed by atoms with Crippen molar-refractivity contribution in [1.82, 2.24) is 5.48 Å². The number of anilines is 1. The molecule has 4 N–H and O–H groups in total. The number of carbonyl (C=O) groups is 2. The van der Waals surface area contributed by atoms with Gasteiger partial charge in [-0.3, -0.25) is 4.79 Å². The van der Waals surface area contributed by atoms with E-state index >= 15 is 0 Å². The molecule has 0 saturated carbocycles. The van der Waals surface area contributed by atoms with Gasteiger partial charge in [0.1, 0.15) is 5.56 Å². The van der Waals surface area contributed by atoms with Crippen molar-refractivity contribution in [2.45, 2.75) is 0 Å². The molecule has 0 aliphatic rings. The summed E-state index contributed by atoms with van der Waals surface area (Å²) in [6, 6.07) is 12.5. The highest BCUT2D eigenvalue weighted by atomic mass is 16.7. The van der Waals surface area contributed by atoms with Gasteiger partial charge in [-0.25, -0.2) is 4.79 Å². The zero-order chi connectivity index (χ0) is 14.5. The number of nitrogens with one attached hydrogen (secondary N) is 1. The van der Waals surface area contributed by atoms with Crippen molar-refractivity contribution < 1.29 is 19.5 Å². The molecule has 0 saturated heterocycles. The number of nitrogen functional groups attached to an aromatic ring is 1. The second kappa shape index (κ2) is 5.75. The van der Waals surface area contributed by atoms with Crippen LogP contribution in [0.25, 0.3) is 0 Å². The van der Waals surface area contributed by atoms with Gasteiger partial charge in [-0.2, -0.15) is 5.48 Å². The molecule has 0 fully saturated rings. The minimum atomic E-state index is -1.17. The average molecular weight is 272 g/mol. The monoisotopic (exact) mass is 272 g/mol. The van der Waals surface area contributed by atoms with Crippen molar-refractivity contribution >= 4 is 17.6 Å². The van der Waals surface area contributed by atoms with Gasteiger partial charge in [-0.15, -0.1) is 0 Å². The van der Waals surface area contributed by atoms with Crippen LogP contribution in [0, 0.1) is 0 Å². The third-order valence-electron chi connectivity index (χ3n) is 2.53. The van der Waals surface area contributed by atoms with Crippen LogP contribution in [0.4, 0.5) is 5.69 Å². The first-order valence-electron chi connectivity index (χ1n) is 5.73. The first-order valence-corrected chi connectivity index (χ1v) is 5.73. The normalized spacial score (nSPS) is 9.80. The molecular weight excluding hydrogens is 260 g/mol. The largest absolute Gasteiger partial charge is 0.478 e. The quantitative estimate of drug-likeness (QED) is 0.580. The molecule has 0 spiro atoms. The second-order valence-corrected chi connectivity index (χ2v) is 3.96. The third kappa shape index (κ3) is 3.05. The molecule has 2 rings (SSSR count). The SMILES string of the molecule is Nc1ccc(C(=O)O)c(ONC(=O)c2ccccc2)c1. The molecule has 0 unspecified atom stereocenters. The number of nitrogens with two attached hydrogens (primary N) is 1. The second-order valence-electron chi connectivity index (χ2n) is 3.96. The highest BCUT2D eigenvalue weighted by molar-refractivity contribution is 5.94. The number of carboxylic acid groups (broad SMARTS) is 1. The van der Waals surface area contributed by atoms with Crippen LogP contribution < -0.4 is 16.1 Å². The van der Waals surface area contributed by atoms with E-state index in [1.807, 2.05) is 0 Å². The number of hydroxylamine groups is 1. The Balaban J connectivity index is 2.13. The zero-order valence-electron chi connectivity index (χ0n) is 10.4. The lowest BCUT2D eigenvalue weighted by molar-refractivity contribution is 0.0666. The van der Waals surface area contributed by atoms with E-state index in [4.69, 9.17) is 15.7 Å². The van der Waals surface area contributed by atoms with Crippen LogP contribution in [-0.4, -0.2) is 17.0 Å². The Morgan fingerprint density at radius 3 is 2.45 bits per heavy atom. The lowest BCUT2D eigenvalue weighted by Crippen LogP contribution is -2.27. The molecular formula is C14H12N2O4. The maximum Gasteiger partial charge on any atom is 0.339 e. The summed E-state index contributed by atoms with van der Waals surface area (Å²) in [6.07, 6.45) is 0. The molecule has 6 heteroatoms. The maximum atomic E-state index is 11.8. The van der Waals surface area contributed by atoms with Crippen LogP contribution in [0.2, 0.25) is 0 Å². The Bertz CT molecular complexity index is 641. The van der Waals surface area contributed by atoms with E-state index in [1.165, 1.54) is 18.2 Å². The molecule has 2 aromatic rings. The first kappa shape index (κ1) is 13.4. The number of aromatic carboxylic acids is 1. The lowest BCUT2D eigenvalue weighted by atomic mass is 10.2. The summed E-state index contributed by atoms with van der Waals surface area (Å²) in [5.74, 6) is -1.68. The van der Waals surface area contributed by atoms with Crippen molar-refractivity contribution in [1.29, 1.82) is 0 Å². The van der Waals surface area contributed by atoms with Crippen LogP contribution in [0.15, 0.2) is 48.5 Å². The number of hydrogen-bond acceptors (Lipinski definition) is 4. The highest BCUT2D eigenvalue weighted by Crippen LogP contribution is 2.21. The number of hydrogen-bond donors (Lipinski definition) is 3. The molecule has 0 aliphatic carbocycles. The standard InChI is InChI=1S/C14H12N2O4/c15-10-6-7-11(14(18)19)12(8-10)20-16-13(17)9-4-2-1-3-5-9/h1-8H,15H2,(H,16,17)(H,18,19). The molecule has 0 heterocycles. The minimum absolute atomic E-state index is 0.0261. The Hall–Kier alpha value is -3.02. The van der Waals surface area contributed by atoms with Crippen molar-refractivity contribution in [3.63, 3.8) is 0 Å². The summed E-state index contributed by atoms with van der Waals surface area (Å²) in [5.41, 5.74) is 8.38. The van der Waals surface area contributed by atoms with Gasteiger partial charge in [-0.05, 0) is 24.3 Å². The fourth-order valence-corrected chi connectivity index (χ4v) is 1.55. The van der Waals surface area contributed by atoms with E-state index in [2.05, 4.69) is 5.48 Å². The molecule has 102 valence electrons. The van der Waals surface area contributed by atoms with Gasteiger partial charge in [-0.1, -0.05) is 18.2 Å². The predicted molar refractivity (Wildman–Crippen MR) is 72.3 cm³/mol. The molecule has 0 bridgehead atoms. The van der Waals surface area contributed by atoms with E-state index in [0.717, 1.165) is 0 Å². The summed E-state index contributed by atoms with van der Waals surface area (Å²) >= 11 is 0. The van der Waals surface area contributed by atoms with E-state index < -0.39 is 11.9 Å². The maximum absolute atomic E-state index is 11.8. The predicted octanol–water partition coefficient (Wildman–Crippen LogP) is 1.69. The van der Waals surface area contributed by atoms with Crippen molar-refractivity contribution in [3.05, 3.63) is 59.7 Å². The van der Waals surface area contributed by atoms with E-state index in [0.29, 0.717) is 11.3 Å². The van der Waals surface area contributed by atoms with E-state index in [9.17, 15) is 9.59 Å². The topological polar surface area (TPSA) is 102 Å². The third-order valence-corrected chi connectivity index (χ3v) is 2.53. The smallest absolute Gasteiger partial charge is 0.339 e. The highest BCUT2D eigenvalue weighted by Gasteiger charge is 2.13. The number of carbonyl (C=O) groups excluding carboxylic acids is 1. The number of carboxylic acids is 1. The molecule has 0 radical (unpaired) electrons. The van der Waals surface area contributed by atoms with Crippen LogP contribution in [0.1, 0.15) is 20.7 Å². The molecule has 0 aromatic heterocycles. The summed E-state index contributed by atoms with van der Waals surface area (Å²) in [5, 5.41) is 9.01. The van der Waals surface area contributed by atoms with Gasteiger partial charge < -0.3 is 15.7 Å². The Morgan fingerprint density at radius 2 is 1.80 bits per heavy atom. The summed E-state index contributed by atoms with van der Waals surface area (Å²) in [4.78, 5) is 27.8. The lowest BCUT2D eigenvalue weighted by Gasteiger charge is -2.10. The fourth-order valence-electron chi connectivity index (χ4n) is 1.55. The zero-order valence-corrected chi connectivity index (χ0v) is 10.4. The van der Waals surface area contributed by atoms with Crippen molar-refractivity contribution in [3.8, 4) is 5.75 Å². The average Bonchev–Trinajstić information content (AvgIpc) is 2.45. The number of amides is 1. The van der Waals surface area contributed by atoms with Gasteiger partial charge in [0, 0.05) is 17.3 Å². The van der Waals surface area contributed by atoms with E-state index in [-0.39, 0.29) is 11.3 Å². The van der Waals surface area contributed by atoms with Gasteiger partial charge >= 0.3 is 5.97 Å². The molecule has 6 nitrogen and oxygen atoms in total. The first-order chi connectivity index (χ1) is 9.58. The van der Waals surface area contributed by atoms with Crippen LogP contribution >= 0.6 is 0 Å². The molecule has 2 aromatic carbocycles. The Morgan fingerprint density at radius 1 is 1.10 bits per heavy atom. The fraction of sp³-hybridized carbons (Fsp3) is 0. The number of rotatable bonds is 4. The van der Waals surface area contributed by atoms with Gasteiger partial charge in [0.2, 0.25) is 0 Å². The number of benzene rings is 2. The summed E-state index contributed by atoms with van der Waals surface area (Å²) in [6.45, 7) is 0. The van der Waals surface area contributed by atoms with E-state index in [1.54, 1.807) is 30.3 Å². The van der Waals surface area contributed by atoms with Crippen molar-refractivity contribution in [2.24, 2.45) is 0 Å². The summed E-state index contributed by atoms with van der Waals surface area (Å²) in [7, 11) is 0. The van der Waals surface area contributed by atoms with Crippen LogP contribution in [-0.2, 0) is 0 Å². The summed E-state index contributed by atoms with van der Waals surface area (Å²) < 4.78 is 0. The Labute approximate surface area is 114 Å². The minimum Gasteiger partial charge on any atom is -0.478 e. The molecule has 0 atom stereocenters. The van der Waals surface area contributed by atoms with Crippen LogP contribution in [0.5, 0.6) is 5.75 Å². The Kier molecular flexibility index (Phi) is 3.85. The molecule has 0 aliphatic heterocycles. The molecule has 20 heavy (non-hydrogen) atoms. The van der Waals surface area contributed by atoms with Gasteiger partial charge in [0.05, 0.1) is 0 Å².